The molecule has 0 radical (unpaired) electrons. The van der Waals surface area contributed by atoms with Crippen LogP contribution in [-0.4, -0.2) is 60.3 Å². The summed E-state index contributed by atoms with van der Waals surface area (Å²) in [6, 6.07) is 15.1. The number of fused-ring (bicyclic) bond motifs is 1. The molecule has 3 heterocycles. The van der Waals surface area contributed by atoms with Crippen molar-refractivity contribution >= 4 is 56.6 Å². The van der Waals surface area contributed by atoms with Crippen molar-refractivity contribution in [3.63, 3.8) is 0 Å². The number of benzene rings is 2. The van der Waals surface area contributed by atoms with E-state index < -0.39 is 0 Å². The Morgan fingerprint density at radius 1 is 1.17 bits per heavy atom. The van der Waals surface area contributed by atoms with Gasteiger partial charge >= 0.3 is 0 Å². The van der Waals surface area contributed by atoms with Gasteiger partial charge in [-0.15, -0.1) is 12.4 Å². The summed E-state index contributed by atoms with van der Waals surface area (Å²) in [5.74, 6) is 0.333. The highest BCUT2D eigenvalue weighted by Gasteiger charge is 2.25. The first-order valence-corrected chi connectivity index (χ1v) is 12.5. The zero-order valence-electron chi connectivity index (χ0n) is 19.3. The van der Waals surface area contributed by atoms with Crippen LogP contribution >= 0.6 is 35.3 Å². The number of amides is 1. The predicted octanol–water partition coefficient (Wildman–Crippen LogP) is 5.70. The van der Waals surface area contributed by atoms with Crippen LogP contribution in [-0.2, 0) is 4.74 Å². The molecule has 0 unspecified atom stereocenters. The number of thiazole rings is 1. The fourth-order valence-electron chi connectivity index (χ4n) is 4.02. The molecular weight excluding hydrogens is 507 g/mol. The Bertz CT molecular complexity index is 1290. The van der Waals surface area contributed by atoms with E-state index in [0.717, 1.165) is 60.6 Å². The first-order valence-electron chi connectivity index (χ1n) is 11.3. The molecule has 4 aromatic rings. The van der Waals surface area contributed by atoms with Crippen molar-refractivity contribution in [1.82, 2.24) is 15.0 Å². The van der Waals surface area contributed by atoms with Crippen molar-refractivity contribution in [2.45, 2.75) is 13.3 Å². The Hall–Kier alpha value is -2.49. The molecule has 0 N–H and O–H groups in total. The van der Waals surface area contributed by atoms with Gasteiger partial charge in [-0.3, -0.25) is 14.6 Å². The largest absolute Gasteiger partial charge is 0.379 e. The number of anilines is 1. The van der Waals surface area contributed by atoms with Crippen LogP contribution in [0.2, 0.25) is 5.02 Å². The Morgan fingerprint density at radius 3 is 2.71 bits per heavy atom. The quantitative estimate of drug-likeness (QED) is 0.303. The Morgan fingerprint density at radius 2 is 1.94 bits per heavy atom. The van der Waals surface area contributed by atoms with Gasteiger partial charge in [0.1, 0.15) is 0 Å². The van der Waals surface area contributed by atoms with Gasteiger partial charge < -0.3 is 9.26 Å². The van der Waals surface area contributed by atoms with Gasteiger partial charge in [0.25, 0.3) is 5.91 Å². The Kier molecular flexibility index (Phi) is 8.41. The average molecular weight is 533 g/mol. The van der Waals surface area contributed by atoms with E-state index >= 15 is 0 Å². The fraction of sp³-hybridized carbons (Fsp3) is 0.320. The van der Waals surface area contributed by atoms with Gasteiger partial charge in [-0.2, -0.15) is 0 Å². The van der Waals surface area contributed by atoms with Crippen molar-refractivity contribution in [3.05, 3.63) is 64.8 Å². The molecule has 1 amide bonds. The third-order valence-corrected chi connectivity index (χ3v) is 7.41. The maximum Gasteiger partial charge on any atom is 0.282 e. The second kappa shape index (κ2) is 11.5. The number of morpholine rings is 1. The minimum Gasteiger partial charge on any atom is -0.379 e. The van der Waals surface area contributed by atoms with Crippen LogP contribution in [0.15, 0.2) is 53.1 Å². The zero-order chi connectivity index (χ0) is 23.5. The minimum absolute atomic E-state index is 0. The highest BCUT2D eigenvalue weighted by molar-refractivity contribution is 7.22. The fourth-order valence-corrected chi connectivity index (χ4v) is 5.22. The van der Waals surface area contributed by atoms with Gasteiger partial charge in [0, 0.05) is 42.8 Å². The van der Waals surface area contributed by atoms with E-state index in [0.29, 0.717) is 22.5 Å². The van der Waals surface area contributed by atoms with Crippen LogP contribution in [0.3, 0.4) is 0 Å². The molecule has 2 aromatic carbocycles. The second-order valence-corrected chi connectivity index (χ2v) is 9.64. The molecule has 1 aliphatic rings. The highest BCUT2D eigenvalue weighted by Crippen LogP contribution is 2.34. The first-order chi connectivity index (χ1) is 16.6. The topological polar surface area (TPSA) is 71.7 Å². The standard InChI is InChI=1S/C25H25ClN4O3S.ClH/c1-17-19(26)8-9-22-23(17)27-25(34-22)30(11-5-10-29-12-14-32-15-13-29)24(31)20-16-21(33-28-20)18-6-3-2-4-7-18;/h2-4,6-9,16H,5,10-15H2,1H3;1H. The van der Waals surface area contributed by atoms with Crippen molar-refractivity contribution in [2.75, 3.05) is 44.3 Å². The summed E-state index contributed by atoms with van der Waals surface area (Å²) >= 11 is 7.80. The van der Waals surface area contributed by atoms with E-state index in [-0.39, 0.29) is 24.0 Å². The van der Waals surface area contributed by atoms with E-state index in [1.54, 1.807) is 11.0 Å². The molecule has 1 fully saturated rings. The molecule has 7 nitrogen and oxygen atoms in total. The van der Waals surface area contributed by atoms with Crippen LogP contribution in [0.25, 0.3) is 21.5 Å². The average Bonchev–Trinajstić information content (AvgIpc) is 3.53. The van der Waals surface area contributed by atoms with Gasteiger partial charge in [0.2, 0.25) is 0 Å². The number of carbonyl (C=O) groups excluding carboxylic acids is 1. The molecule has 1 saturated heterocycles. The molecule has 1 aliphatic heterocycles. The molecule has 5 rings (SSSR count). The number of rotatable bonds is 7. The second-order valence-electron chi connectivity index (χ2n) is 8.22. The number of nitrogens with zero attached hydrogens (tertiary/aromatic N) is 4. The normalized spacial score (nSPS) is 14.1. The maximum atomic E-state index is 13.6. The third kappa shape index (κ3) is 5.68. The summed E-state index contributed by atoms with van der Waals surface area (Å²) < 4.78 is 11.9. The van der Waals surface area contributed by atoms with Crippen LogP contribution in [0, 0.1) is 6.92 Å². The minimum atomic E-state index is -0.226. The van der Waals surface area contributed by atoms with Gasteiger partial charge in [-0.1, -0.05) is 58.4 Å². The lowest BCUT2D eigenvalue weighted by atomic mass is 10.1. The number of hydrogen-bond acceptors (Lipinski definition) is 7. The maximum absolute atomic E-state index is 13.6. The summed E-state index contributed by atoms with van der Waals surface area (Å²) in [6.07, 6.45) is 0.810. The summed E-state index contributed by atoms with van der Waals surface area (Å²) in [4.78, 5) is 22.5. The molecule has 0 atom stereocenters. The zero-order valence-corrected chi connectivity index (χ0v) is 21.7. The molecule has 2 aromatic heterocycles. The van der Waals surface area contributed by atoms with Gasteiger partial charge in [-0.05, 0) is 31.0 Å². The molecule has 0 bridgehead atoms. The van der Waals surface area contributed by atoms with Crippen molar-refractivity contribution in [1.29, 1.82) is 0 Å². The molecule has 35 heavy (non-hydrogen) atoms. The van der Waals surface area contributed by atoms with E-state index in [4.69, 9.17) is 25.8 Å². The molecule has 0 aliphatic carbocycles. The summed E-state index contributed by atoms with van der Waals surface area (Å²) in [6.45, 7) is 6.69. The SMILES string of the molecule is Cc1c(Cl)ccc2sc(N(CCCN3CCOCC3)C(=O)c3cc(-c4ccccc4)on3)nc12.Cl. The monoisotopic (exact) mass is 532 g/mol. The summed E-state index contributed by atoms with van der Waals surface area (Å²) in [5, 5.41) is 5.39. The molecule has 0 saturated carbocycles. The number of carbonyl (C=O) groups is 1. The van der Waals surface area contributed by atoms with E-state index in [2.05, 4.69) is 10.1 Å². The number of aryl methyl sites for hydroxylation is 1. The Balaban J connectivity index is 0.00000289. The summed E-state index contributed by atoms with van der Waals surface area (Å²) in [5.41, 5.74) is 2.87. The smallest absolute Gasteiger partial charge is 0.282 e. The molecule has 10 heteroatoms. The third-order valence-electron chi connectivity index (χ3n) is 5.96. The molecule has 184 valence electrons. The number of aromatic nitrogens is 2. The van der Waals surface area contributed by atoms with Crippen molar-refractivity contribution in [3.8, 4) is 11.3 Å². The van der Waals surface area contributed by atoms with Gasteiger partial charge in [-0.25, -0.2) is 4.98 Å². The first kappa shape index (κ1) is 25.6. The van der Waals surface area contributed by atoms with Crippen molar-refractivity contribution < 1.29 is 14.1 Å². The lowest BCUT2D eigenvalue weighted by Crippen LogP contribution is -2.39. The Labute approximate surface area is 219 Å². The number of ether oxygens (including phenoxy) is 1. The lowest BCUT2D eigenvalue weighted by molar-refractivity contribution is 0.0376. The highest BCUT2D eigenvalue weighted by atomic mass is 35.5. The van der Waals surface area contributed by atoms with Gasteiger partial charge in [0.05, 0.1) is 23.4 Å². The van der Waals surface area contributed by atoms with Crippen LogP contribution < -0.4 is 4.90 Å². The van der Waals surface area contributed by atoms with E-state index in [1.165, 1.54) is 11.3 Å². The molecular formula is C25H26Cl2N4O3S. The predicted molar refractivity (Wildman–Crippen MR) is 142 cm³/mol. The van der Waals surface area contributed by atoms with Crippen LogP contribution in [0.4, 0.5) is 5.13 Å². The molecule has 0 spiro atoms. The van der Waals surface area contributed by atoms with Gasteiger partial charge in [0.15, 0.2) is 16.6 Å². The van der Waals surface area contributed by atoms with Crippen molar-refractivity contribution in [2.24, 2.45) is 0 Å². The number of halogens is 2. The lowest BCUT2D eigenvalue weighted by Gasteiger charge is -2.27. The van der Waals surface area contributed by atoms with E-state index in [1.807, 2.05) is 49.4 Å². The van der Waals surface area contributed by atoms with Crippen LogP contribution in [0.1, 0.15) is 22.5 Å². The number of hydrogen-bond donors (Lipinski definition) is 0. The van der Waals surface area contributed by atoms with E-state index in [9.17, 15) is 4.79 Å². The van der Waals surface area contributed by atoms with Crippen LogP contribution in [0.5, 0.6) is 0 Å². The summed E-state index contributed by atoms with van der Waals surface area (Å²) in [7, 11) is 0.